The second kappa shape index (κ2) is 8.79. The molecule has 0 saturated carbocycles. The second-order valence-electron chi connectivity index (χ2n) is 7.64. The van der Waals surface area contributed by atoms with Gasteiger partial charge in [-0.25, -0.2) is 21.8 Å². The van der Waals surface area contributed by atoms with Gasteiger partial charge in [0.05, 0.1) is 0 Å². The van der Waals surface area contributed by atoms with Crippen LogP contribution in [-0.4, -0.2) is 99.7 Å². The summed E-state index contributed by atoms with van der Waals surface area (Å²) in [7, 11) is -5.16. The largest absolute Gasteiger partial charge is 0.354 e. The quantitative estimate of drug-likeness (QED) is 0.603. The van der Waals surface area contributed by atoms with Crippen molar-refractivity contribution in [2.45, 2.75) is 9.79 Å². The molecule has 2 aromatic heterocycles. The van der Waals surface area contributed by atoms with Gasteiger partial charge in [0.25, 0.3) is 0 Å². The zero-order valence-electron chi connectivity index (χ0n) is 17.3. The van der Waals surface area contributed by atoms with Crippen LogP contribution in [0.1, 0.15) is 0 Å². The Morgan fingerprint density at radius 2 is 1.32 bits per heavy atom. The summed E-state index contributed by atoms with van der Waals surface area (Å²) >= 11 is 0. The molecule has 4 heterocycles. The molecule has 0 spiro atoms. The Bertz CT molecular complexity index is 1090. The first-order chi connectivity index (χ1) is 14.8. The number of pyridine rings is 2. The van der Waals surface area contributed by atoms with Gasteiger partial charge in [-0.15, -0.1) is 0 Å². The standard InChI is InChI=1S/C19H26N6O4S2/c1-22-7-11-24(12-8-22)31(28,29)18-4-5-19(21-16-18)23-9-13-25(14-10-23)30(26,27)17-3-2-6-20-15-17/h2-6,15-16H,7-14H2,1H3. The van der Waals surface area contributed by atoms with Crippen molar-refractivity contribution in [2.24, 2.45) is 0 Å². The minimum atomic E-state index is -3.57. The molecule has 0 aromatic carbocycles. The van der Waals surface area contributed by atoms with Crippen molar-refractivity contribution >= 4 is 25.9 Å². The molecule has 168 valence electrons. The van der Waals surface area contributed by atoms with Crippen LogP contribution in [0.2, 0.25) is 0 Å². The van der Waals surface area contributed by atoms with Crippen LogP contribution in [-0.2, 0) is 20.0 Å². The van der Waals surface area contributed by atoms with Crippen molar-refractivity contribution in [1.29, 1.82) is 0 Å². The molecule has 0 radical (unpaired) electrons. The molecule has 0 amide bonds. The molecule has 4 rings (SSSR count). The predicted octanol–water partition coefficient (Wildman–Crippen LogP) is -0.0764. The lowest BCUT2D eigenvalue weighted by Gasteiger charge is -2.34. The van der Waals surface area contributed by atoms with Gasteiger partial charge in [0.15, 0.2) is 0 Å². The minimum absolute atomic E-state index is 0.179. The van der Waals surface area contributed by atoms with Crippen LogP contribution in [0.15, 0.2) is 52.6 Å². The maximum Gasteiger partial charge on any atom is 0.244 e. The Labute approximate surface area is 183 Å². The lowest BCUT2D eigenvalue weighted by atomic mass is 10.3. The highest BCUT2D eigenvalue weighted by atomic mass is 32.2. The summed E-state index contributed by atoms with van der Waals surface area (Å²) < 4.78 is 54.1. The fourth-order valence-electron chi connectivity index (χ4n) is 3.70. The number of sulfonamides is 2. The van der Waals surface area contributed by atoms with Gasteiger partial charge >= 0.3 is 0 Å². The summed E-state index contributed by atoms with van der Waals surface area (Å²) in [6.07, 6.45) is 4.28. The van der Waals surface area contributed by atoms with Gasteiger partial charge in [0.2, 0.25) is 20.0 Å². The Morgan fingerprint density at radius 1 is 0.742 bits per heavy atom. The Hall–Kier alpha value is -2.12. The molecule has 0 aliphatic carbocycles. The normalized spacial score (nSPS) is 20.1. The van der Waals surface area contributed by atoms with E-state index < -0.39 is 20.0 Å². The average molecular weight is 467 g/mol. The van der Waals surface area contributed by atoms with Gasteiger partial charge in [-0.2, -0.15) is 8.61 Å². The van der Waals surface area contributed by atoms with Crippen LogP contribution in [0.5, 0.6) is 0 Å². The zero-order valence-corrected chi connectivity index (χ0v) is 19.0. The number of nitrogens with zero attached hydrogens (tertiary/aromatic N) is 6. The maximum atomic E-state index is 12.8. The molecular formula is C19H26N6O4S2. The number of piperazine rings is 2. The number of rotatable bonds is 5. The molecule has 0 N–H and O–H groups in total. The molecule has 0 atom stereocenters. The van der Waals surface area contributed by atoms with Gasteiger partial charge in [-0.05, 0) is 31.3 Å². The van der Waals surface area contributed by atoms with E-state index in [-0.39, 0.29) is 9.79 Å². The van der Waals surface area contributed by atoms with Crippen molar-refractivity contribution in [3.63, 3.8) is 0 Å². The van der Waals surface area contributed by atoms with Crippen LogP contribution >= 0.6 is 0 Å². The first-order valence-corrected chi connectivity index (χ1v) is 13.0. The van der Waals surface area contributed by atoms with E-state index in [2.05, 4.69) is 14.9 Å². The van der Waals surface area contributed by atoms with E-state index in [1.54, 1.807) is 18.2 Å². The molecule has 12 heteroatoms. The first-order valence-electron chi connectivity index (χ1n) is 10.1. The molecule has 2 aromatic rings. The van der Waals surface area contributed by atoms with E-state index in [1.165, 1.54) is 33.3 Å². The number of likely N-dealkylation sites (N-methyl/N-ethyl adjacent to an activating group) is 1. The fraction of sp³-hybridized carbons (Fsp3) is 0.474. The lowest BCUT2D eigenvalue weighted by molar-refractivity contribution is 0.222. The summed E-state index contributed by atoms with van der Waals surface area (Å²) in [6.45, 7) is 3.92. The number of hydrogen-bond donors (Lipinski definition) is 0. The minimum Gasteiger partial charge on any atom is -0.354 e. The van der Waals surface area contributed by atoms with Gasteiger partial charge < -0.3 is 9.80 Å². The first kappa shape index (κ1) is 22.1. The van der Waals surface area contributed by atoms with E-state index in [0.717, 1.165) is 0 Å². The topological polar surface area (TPSA) is 107 Å². The predicted molar refractivity (Wildman–Crippen MR) is 116 cm³/mol. The van der Waals surface area contributed by atoms with Gasteiger partial charge in [-0.3, -0.25) is 4.98 Å². The molecule has 31 heavy (non-hydrogen) atoms. The molecule has 0 bridgehead atoms. The van der Waals surface area contributed by atoms with Crippen molar-refractivity contribution in [3.8, 4) is 0 Å². The Kier molecular flexibility index (Phi) is 6.26. The summed E-state index contributed by atoms with van der Waals surface area (Å²) in [5, 5.41) is 0. The zero-order chi connectivity index (χ0) is 22.1. The Morgan fingerprint density at radius 3 is 1.84 bits per heavy atom. The molecular weight excluding hydrogens is 440 g/mol. The van der Waals surface area contributed by atoms with E-state index in [1.807, 2.05) is 11.9 Å². The van der Waals surface area contributed by atoms with Crippen LogP contribution in [0, 0.1) is 0 Å². The van der Waals surface area contributed by atoms with Gasteiger partial charge in [0, 0.05) is 70.9 Å². The summed E-state index contributed by atoms with van der Waals surface area (Å²) in [4.78, 5) is 12.7. The van der Waals surface area contributed by atoms with Crippen LogP contribution < -0.4 is 4.90 Å². The van der Waals surface area contributed by atoms with Crippen LogP contribution in [0.3, 0.4) is 0 Å². The van der Waals surface area contributed by atoms with Gasteiger partial charge in [0.1, 0.15) is 15.6 Å². The molecule has 0 unspecified atom stereocenters. The van der Waals surface area contributed by atoms with Crippen molar-refractivity contribution < 1.29 is 16.8 Å². The molecule has 2 aliphatic rings. The second-order valence-corrected chi connectivity index (χ2v) is 11.5. The van der Waals surface area contributed by atoms with Gasteiger partial charge in [-0.1, -0.05) is 0 Å². The monoisotopic (exact) mass is 466 g/mol. The summed E-state index contributed by atoms with van der Waals surface area (Å²) in [5.41, 5.74) is 0. The van der Waals surface area contributed by atoms with E-state index in [0.29, 0.717) is 58.2 Å². The van der Waals surface area contributed by atoms with Crippen molar-refractivity contribution in [1.82, 2.24) is 23.5 Å². The van der Waals surface area contributed by atoms with Crippen molar-refractivity contribution in [2.75, 3.05) is 64.3 Å². The van der Waals surface area contributed by atoms with E-state index in [4.69, 9.17) is 0 Å². The number of hydrogen-bond acceptors (Lipinski definition) is 8. The molecule has 2 fully saturated rings. The van der Waals surface area contributed by atoms with Crippen LogP contribution in [0.4, 0.5) is 5.82 Å². The third-order valence-electron chi connectivity index (χ3n) is 5.66. The SMILES string of the molecule is CN1CCN(S(=O)(=O)c2ccc(N3CCN(S(=O)(=O)c4cccnc4)CC3)nc2)CC1. The summed E-state index contributed by atoms with van der Waals surface area (Å²) in [5.74, 6) is 0.635. The smallest absolute Gasteiger partial charge is 0.244 e. The number of aromatic nitrogens is 2. The fourth-order valence-corrected chi connectivity index (χ4v) is 6.45. The lowest BCUT2D eigenvalue weighted by Crippen LogP contribution is -2.49. The summed E-state index contributed by atoms with van der Waals surface area (Å²) in [6, 6.07) is 6.41. The van der Waals surface area contributed by atoms with Crippen LogP contribution in [0.25, 0.3) is 0 Å². The Balaban J connectivity index is 1.41. The molecule has 2 aliphatic heterocycles. The molecule has 10 nitrogen and oxygen atoms in total. The van der Waals surface area contributed by atoms with E-state index in [9.17, 15) is 16.8 Å². The average Bonchev–Trinajstić information content (AvgIpc) is 2.80. The maximum absolute atomic E-state index is 12.8. The molecule has 2 saturated heterocycles. The van der Waals surface area contributed by atoms with Crippen molar-refractivity contribution in [3.05, 3.63) is 42.9 Å². The highest BCUT2D eigenvalue weighted by Crippen LogP contribution is 2.22. The number of anilines is 1. The third kappa shape index (κ3) is 4.58. The van der Waals surface area contributed by atoms with E-state index >= 15 is 0 Å². The highest BCUT2D eigenvalue weighted by molar-refractivity contribution is 7.89. The highest BCUT2D eigenvalue weighted by Gasteiger charge is 2.30. The third-order valence-corrected chi connectivity index (χ3v) is 9.42.